The van der Waals surface area contributed by atoms with Crippen LogP contribution in [-0.4, -0.2) is 9.97 Å². The maximum Gasteiger partial charge on any atom is 0.223 e. The summed E-state index contributed by atoms with van der Waals surface area (Å²) >= 11 is 3.42. The van der Waals surface area contributed by atoms with Crippen molar-refractivity contribution in [2.24, 2.45) is 0 Å². The van der Waals surface area contributed by atoms with Crippen molar-refractivity contribution in [2.45, 2.75) is 32.7 Å². The Morgan fingerprint density at radius 2 is 2.24 bits per heavy atom. The zero-order valence-electron chi connectivity index (χ0n) is 12.1. The number of hydrogen-bond acceptors (Lipinski definition) is 6. The molecule has 0 amide bonds. The lowest BCUT2D eigenvalue weighted by atomic mass is 10.1. The molecule has 0 aliphatic carbocycles. The van der Waals surface area contributed by atoms with Crippen LogP contribution in [-0.2, 0) is 0 Å². The van der Waals surface area contributed by atoms with Gasteiger partial charge in [0.15, 0.2) is 0 Å². The van der Waals surface area contributed by atoms with Crippen molar-refractivity contribution in [3.63, 3.8) is 0 Å². The van der Waals surface area contributed by atoms with Gasteiger partial charge >= 0.3 is 0 Å². The molecule has 0 saturated heterocycles. The lowest BCUT2D eigenvalue weighted by Crippen LogP contribution is -2.11. The monoisotopic (exact) mass is 318 g/mol. The summed E-state index contributed by atoms with van der Waals surface area (Å²) in [6.07, 6.45) is 2.18. The number of nitrogen functional groups attached to an aromatic ring is 1. The number of anilines is 2. The van der Waals surface area contributed by atoms with Crippen molar-refractivity contribution in [3.05, 3.63) is 33.3 Å². The van der Waals surface area contributed by atoms with Gasteiger partial charge in [-0.1, -0.05) is 19.4 Å². The number of nitrogens with one attached hydrogen (secondary N) is 1. The van der Waals surface area contributed by atoms with E-state index in [2.05, 4.69) is 52.7 Å². The van der Waals surface area contributed by atoms with Crippen molar-refractivity contribution in [1.82, 2.24) is 9.97 Å². The van der Waals surface area contributed by atoms with Crippen LogP contribution in [0.15, 0.2) is 23.6 Å². The lowest BCUT2D eigenvalue weighted by molar-refractivity contribution is 0.685. The molecule has 0 radical (unpaired) electrons. The maximum absolute atomic E-state index is 5.85. The number of nitrogens with zero attached hydrogens (tertiary/aromatic N) is 2. The molecule has 6 heteroatoms. The average Bonchev–Trinajstić information content (AvgIpc) is 3.06. The standard InChI is InChI=1S/C15H18N4S2/c1-3-5-11(12-6-4-7-20-12)17-13-10-8-9(2)21-14(10)19-15(16)18-13/h4,6-8,11H,3,5H2,1-2H3,(H3,16,17,18,19). The molecule has 3 aromatic rings. The first-order valence-electron chi connectivity index (χ1n) is 7.01. The van der Waals surface area contributed by atoms with Gasteiger partial charge in [0, 0.05) is 9.75 Å². The van der Waals surface area contributed by atoms with Crippen molar-refractivity contribution >= 4 is 44.7 Å². The molecule has 0 fully saturated rings. The van der Waals surface area contributed by atoms with E-state index in [1.54, 1.807) is 22.7 Å². The quantitative estimate of drug-likeness (QED) is 0.722. The molecule has 0 bridgehead atoms. The summed E-state index contributed by atoms with van der Waals surface area (Å²) in [6, 6.07) is 6.65. The minimum absolute atomic E-state index is 0.271. The number of aromatic nitrogens is 2. The minimum atomic E-state index is 0.271. The van der Waals surface area contributed by atoms with Crippen LogP contribution in [0.1, 0.15) is 35.6 Å². The second kappa shape index (κ2) is 5.99. The van der Waals surface area contributed by atoms with Crippen LogP contribution in [0.5, 0.6) is 0 Å². The Labute approximate surface area is 132 Å². The van der Waals surface area contributed by atoms with Crippen molar-refractivity contribution < 1.29 is 0 Å². The van der Waals surface area contributed by atoms with Crippen LogP contribution in [0.25, 0.3) is 10.2 Å². The third-order valence-corrected chi connectivity index (χ3v) is 5.24. The van der Waals surface area contributed by atoms with Gasteiger partial charge in [0.25, 0.3) is 0 Å². The van der Waals surface area contributed by atoms with Crippen LogP contribution in [0.2, 0.25) is 0 Å². The highest BCUT2D eigenvalue weighted by Gasteiger charge is 2.16. The third kappa shape index (κ3) is 3.01. The second-order valence-electron chi connectivity index (χ2n) is 5.01. The van der Waals surface area contributed by atoms with Gasteiger partial charge in [-0.15, -0.1) is 22.7 Å². The maximum atomic E-state index is 5.85. The number of hydrogen-bond donors (Lipinski definition) is 2. The Morgan fingerprint density at radius 3 is 2.95 bits per heavy atom. The Balaban J connectivity index is 1.99. The molecule has 1 unspecified atom stereocenters. The molecule has 1 atom stereocenters. The number of aryl methyl sites for hydroxylation is 1. The fourth-order valence-corrected chi connectivity index (χ4v) is 4.10. The predicted molar refractivity (Wildman–Crippen MR) is 92.2 cm³/mol. The molecule has 0 aliphatic heterocycles. The average molecular weight is 318 g/mol. The fourth-order valence-electron chi connectivity index (χ4n) is 2.40. The molecule has 3 heterocycles. The van der Waals surface area contributed by atoms with Crippen LogP contribution in [0, 0.1) is 6.92 Å². The molecule has 110 valence electrons. The van der Waals surface area contributed by atoms with Gasteiger partial charge in [-0.25, -0.2) is 4.98 Å². The second-order valence-corrected chi connectivity index (χ2v) is 7.22. The Bertz CT molecular complexity index is 734. The summed E-state index contributed by atoms with van der Waals surface area (Å²) in [6.45, 7) is 4.27. The van der Waals surface area contributed by atoms with E-state index in [0.29, 0.717) is 5.95 Å². The third-order valence-electron chi connectivity index (χ3n) is 3.31. The normalized spacial score (nSPS) is 12.7. The number of fused-ring (bicyclic) bond motifs is 1. The van der Waals surface area contributed by atoms with E-state index in [1.165, 1.54) is 9.75 Å². The zero-order chi connectivity index (χ0) is 14.8. The first-order valence-corrected chi connectivity index (χ1v) is 8.70. The summed E-state index contributed by atoms with van der Waals surface area (Å²) in [7, 11) is 0. The minimum Gasteiger partial charge on any atom is -0.368 e. The Hall–Kier alpha value is -1.66. The molecule has 0 aliphatic rings. The molecular weight excluding hydrogens is 300 g/mol. The molecule has 0 aromatic carbocycles. The number of nitrogens with two attached hydrogens (primary N) is 1. The predicted octanol–water partition coefficient (Wildman–Crippen LogP) is 4.60. The van der Waals surface area contributed by atoms with E-state index in [9.17, 15) is 0 Å². The molecule has 3 rings (SSSR count). The van der Waals surface area contributed by atoms with Gasteiger partial charge in [0.05, 0.1) is 11.4 Å². The molecule has 21 heavy (non-hydrogen) atoms. The Kier molecular flexibility index (Phi) is 4.07. The first kappa shape index (κ1) is 14.3. The van der Waals surface area contributed by atoms with Gasteiger partial charge < -0.3 is 11.1 Å². The van der Waals surface area contributed by atoms with Gasteiger partial charge in [-0.05, 0) is 30.9 Å². The molecular formula is C15H18N4S2. The molecule has 0 spiro atoms. The number of rotatable bonds is 5. The summed E-state index contributed by atoms with van der Waals surface area (Å²) < 4.78 is 0. The topological polar surface area (TPSA) is 63.8 Å². The van der Waals surface area contributed by atoms with E-state index in [4.69, 9.17) is 5.73 Å². The highest BCUT2D eigenvalue weighted by Crippen LogP contribution is 2.33. The fraction of sp³-hybridized carbons (Fsp3) is 0.333. The van der Waals surface area contributed by atoms with E-state index in [-0.39, 0.29) is 6.04 Å². The molecule has 0 saturated carbocycles. The molecule has 3 aromatic heterocycles. The highest BCUT2D eigenvalue weighted by atomic mass is 32.1. The van der Waals surface area contributed by atoms with Crippen molar-refractivity contribution in [1.29, 1.82) is 0 Å². The van der Waals surface area contributed by atoms with Crippen molar-refractivity contribution in [3.8, 4) is 0 Å². The van der Waals surface area contributed by atoms with Gasteiger partial charge in [0.1, 0.15) is 10.6 Å². The highest BCUT2D eigenvalue weighted by molar-refractivity contribution is 7.18. The largest absolute Gasteiger partial charge is 0.368 e. The lowest BCUT2D eigenvalue weighted by Gasteiger charge is -2.18. The van der Waals surface area contributed by atoms with E-state index < -0.39 is 0 Å². The molecule has 3 N–H and O–H groups in total. The van der Waals surface area contributed by atoms with Crippen molar-refractivity contribution in [2.75, 3.05) is 11.1 Å². The summed E-state index contributed by atoms with van der Waals surface area (Å²) in [5, 5.41) is 6.73. The van der Waals surface area contributed by atoms with Crippen LogP contribution >= 0.6 is 22.7 Å². The van der Waals surface area contributed by atoms with Crippen LogP contribution in [0.4, 0.5) is 11.8 Å². The smallest absolute Gasteiger partial charge is 0.223 e. The molecule has 4 nitrogen and oxygen atoms in total. The van der Waals surface area contributed by atoms with Crippen LogP contribution in [0.3, 0.4) is 0 Å². The van der Waals surface area contributed by atoms with E-state index in [0.717, 1.165) is 28.9 Å². The zero-order valence-corrected chi connectivity index (χ0v) is 13.7. The Morgan fingerprint density at radius 1 is 1.38 bits per heavy atom. The van der Waals surface area contributed by atoms with Crippen LogP contribution < -0.4 is 11.1 Å². The van der Waals surface area contributed by atoms with Gasteiger partial charge in [-0.3, -0.25) is 0 Å². The van der Waals surface area contributed by atoms with E-state index >= 15 is 0 Å². The summed E-state index contributed by atoms with van der Waals surface area (Å²) in [5.41, 5.74) is 5.85. The van der Waals surface area contributed by atoms with E-state index in [1.807, 2.05) is 0 Å². The van der Waals surface area contributed by atoms with Gasteiger partial charge in [0.2, 0.25) is 5.95 Å². The number of thiophene rings is 2. The van der Waals surface area contributed by atoms with Gasteiger partial charge in [-0.2, -0.15) is 4.98 Å². The summed E-state index contributed by atoms with van der Waals surface area (Å²) in [4.78, 5) is 12.2. The SMILES string of the molecule is CCCC(Nc1nc(N)nc2sc(C)cc12)c1cccs1. The first-order chi connectivity index (χ1) is 10.2. The summed E-state index contributed by atoms with van der Waals surface area (Å²) in [5.74, 6) is 1.17.